The summed E-state index contributed by atoms with van der Waals surface area (Å²) in [6, 6.07) is 1.52. The standard InChI is InChI=1S/C15H27N3O3S/c1-22(19,20)21-12-2-7-16-10-11-18(13-16)15-5-8-17(9-6-15)14-3-4-14/h14-15H,2-12H2,1H3. The van der Waals surface area contributed by atoms with Crippen LogP contribution < -0.4 is 0 Å². The van der Waals surface area contributed by atoms with Crippen LogP contribution in [0.1, 0.15) is 32.1 Å². The van der Waals surface area contributed by atoms with E-state index in [1.54, 1.807) is 0 Å². The van der Waals surface area contributed by atoms with Crippen molar-refractivity contribution in [2.75, 3.05) is 45.6 Å². The van der Waals surface area contributed by atoms with Gasteiger partial charge in [0.1, 0.15) is 6.67 Å². The van der Waals surface area contributed by atoms with Gasteiger partial charge in [-0.25, -0.2) is 0 Å². The quantitative estimate of drug-likeness (QED) is 0.503. The van der Waals surface area contributed by atoms with Gasteiger partial charge < -0.3 is 4.90 Å². The molecule has 0 aromatic carbocycles. The van der Waals surface area contributed by atoms with Crippen LogP contribution in [0.3, 0.4) is 0 Å². The van der Waals surface area contributed by atoms with E-state index in [-0.39, 0.29) is 6.61 Å². The number of likely N-dealkylation sites (tertiary alicyclic amines) is 1. The van der Waals surface area contributed by atoms with Crippen LogP contribution in [-0.2, 0) is 14.3 Å². The van der Waals surface area contributed by atoms with Crippen molar-refractivity contribution in [1.29, 1.82) is 0 Å². The van der Waals surface area contributed by atoms with E-state index in [4.69, 9.17) is 4.18 Å². The number of piperidine rings is 1. The average Bonchev–Trinajstić information content (AvgIpc) is 3.22. The molecule has 2 radical (unpaired) electrons. The van der Waals surface area contributed by atoms with E-state index in [0.717, 1.165) is 31.9 Å². The summed E-state index contributed by atoms with van der Waals surface area (Å²) >= 11 is 0. The normalized spacial score (nSPS) is 26.8. The fourth-order valence-electron chi connectivity index (χ4n) is 3.40. The summed E-state index contributed by atoms with van der Waals surface area (Å²) in [4.78, 5) is 7.17. The summed E-state index contributed by atoms with van der Waals surface area (Å²) in [5.74, 6) is 0. The Balaban J connectivity index is 1.32. The zero-order valence-corrected chi connectivity index (χ0v) is 14.2. The van der Waals surface area contributed by atoms with E-state index in [1.807, 2.05) is 0 Å². The number of hydrogen-bond acceptors (Lipinski definition) is 6. The van der Waals surface area contributed by atoms with Crippen molar-refractivity contribution in [3.63, 3.8) is 0 Å². The largest absolute Gasteiger partial charge is 0.300 e. The molecule has 0 aromatic rings. The van der Waals surface area contributed by atoms with Gasteiger partial charge in [0.05, 0.1) is 12.9 Å². The zero-order chi connectivity index (χ0) is 15.6. The second-order valence-electron chi connectivity index (χ2n) is 6.66. The molecule has 0 amide bonds. The summed E-state index contributed by atoms with van der Waals surface area (Å²) in [5, 5.41) is 0. The Morgan fingerprint density at radius 3 is 2.41 bits per heavy atom. The van der Waals surface area contributed by atoms with Gasteiger partial charge >= 0.3 is 0 Å². The molecule has 0 bridgehead atoms. The van der Waals surface area contributed by atoms with Crippen molar-refractivity contribution in [2.24, 2.45) is 0 Å². The molecule has 126 valence electrons. The molecule has 2 aliphatic heterocycles. The van der Waals surface area contributed by atoms with Crippen molar-refractivity contribution in [1.82, 2.24) is 14.7 Å². The smallest absolute Gasteiger partial charge is 0.264 e. The molecule has 2 saturated heterocycles. The van der Waals surface area contributed by atoms with Crippen LogP contribution in [0.5, 0.6) is 0 Å². The minimum atomic E-state index is -3.31. The van der Waals surface area contributed by atoms with Crippen LogP contribution in [0.4, 0.5) is 0 Å². The summed E-state index contributed by atoms with van der Waals surface area (Å²) < 4.78 is 26.6. The topological polar surface area (TPSA) is 53.1 Å². The van der Waals surface area contributed by atoms with E-state index < -0.39 is 10.1 Å². The Morgan fingerprint density at radius 1 is 1.05 bits per heavy atom. The molecule has 0 spiro atoms. The molecular formula is C15H27N3O3S. The van der Waals surface area contributed by atoms with Gasteiger partial charge in [-0.05, 0) is 45.2 Å². The third-order valence-corrected chi connectivity index (χ3v) is 5.35. The third kappa shape index (κ3) is 4.89. The molecule has 3 aliphatic rings. The van der Waals surface area contributed by atoms with Gasteiger partial charge in [-0.15, -0.1) is 0 Å². The van der Waals surface area contributed by atoms with Gasteiger partial charge in [-0.2, -0.15) is 8.42 Å². The molecule has 22 heavy (non-hydrogen) atoms. The Hall–Kier alpha value is -0.210. The molecule has 3 rings (SSSR count). The first kappa shape index (κ1) is 16.6. The van der Waals surface area contributed by atoms with Crippen molar-refractivity contribution < 1.29 is 12.6 Å². The van der Waals surface area contributed by atoms with E-state index in [9.17, 15) is 8.42 Å². The number of hydrogen-bond donors (Lipinski definition) is 0. The predicted molar refractivity (Wildman–Crippen MR) is 84.6 cm³/mol. The second kappa shape index (κ2) is 7.13. The first-order chi connectivity index (χ1) is 10.5. The molecule has 1 saturated carbocycles. The van der Waals surface area contributed by atoms with E-state index in [0.29, 0.717) is 12.5 Å². The molecule has 0 N–H and O–H groups in total. The van der Waals surface area contributed by atoms with Crippen LogP contribution in [0, 0.1) is 6.67 Å². The molecule has 3 fully saturated rings. The van der Waals surface area contributed by atoms with E-state index in [1.165, 1.54) is 38.8 Å². The maximum absolute atomic E-state index is 10.9. The molecule has 0 atom stereocenters. The second-order valence-corrected chi connectivity index (χ2v) is 8.30. The number of nitrogens with zero attached hydrogens (tertiary/aromatic N) is 3. The van der Waals surface area contributed by atoms with Crippen LogP contribution >= 0.6 is 0 Å². The Kier molecular flexibility index (Phi) is 5.39. The van der Waals surface area contributed by atoms with Crippen molar-refractivity contribution in [2.45, 2.75) is 44.2 Å². The maximum atomic E-state index is 10.9. The highest BCUT2D eigenvalue weighted by atomic mass is 32.2. The lowest BCUT2D eigenvalue weighted by Crippen LogP contribution is -2.44. The highest BCUT2D eigenvalue weighted by Crippen LogP contribution is 2.31. The lowest BCUT2D eigenvalue weighted by atomic mass is 10.0. The fourth-order valence-corrected chi connectivity index (χ4v) is 3.82. The fraction of sp³-hybridized carbons (Fsp3) is 0.933. The maximum Gasteiger partial charge on any atom is 0.264 e. The van der Waals surface area contributed by atoms with Gasteiger partial charge in [-0.3, -0.25) is 14.0 Å². The predicted octanol–water partition coefficient (Wildman–Crippen LogP) is 0.593. The highest BCUT2D eigenvalue weighted by molar-refractivity contribution is 7.85. The van der Waals surface area contributed by atoms with Crippen LogP contribution in [0.2, 0.25) is 0 Å². The molecule has 0 aromatic heterocycles. The monoisotopic (exact) mass is 329 g/mol. The Morgan fingerprint density at radius 2 is 1.77 bits per heavy atom. The van der Waals surface area contributed by atoms with Crippen LogP contribution in [0.15, 0.2) is 0 Å². The van der Waals surface area contributed by atoms with Gasteiger partial charge in [0, 0.05) is 31.7 Å². The average molecular weight is 329 g/mol. The molecule has 2 heterocycles. The van der Waals surface area contributed by atoms with E-state index >= 15 is 0 Å². The summed E-state index contributed by atoms with van der Waals surface area (Å²) in [5.41, 5.74) is 0. The molecule has 7 heteroatoms. The third-order valence-electron chi connectivity index (χ3n) is 4.75. The first-order valence-electron chi connectivity index (χ1n) is 8.37. The van der Waals surface area contributed by atoms with Crippen molar-refractivity contribution >= 4 is 10.1 Å². The minimum Gasteiger partial charge on any atom is -0.300 e. The SMILES string of the molecule is CS(=O)(=O)OCCCN1[C]N(C2CCN(C3CC3)CC2)CC1. The van der Waals surface area contributed by atoms with Crippen LogP contribution in [0.25, 0.3) is 0 Å². The zero-order valence-electron chi connectivity index (χ0n) is 13.4. The van der Waals surface area contributed by atoms with Gasteiger partial charge in [0.25, 0.3) is 10.1 Å². The summed E-state index contributed by atoms with van der Waals surface area (Å²) in [6.45, 7) is 9.03. The Bertz CT molecular complexity index is 459. The molecule has 0 unspecified atom stereocenters. The lowest BCUT2D eigenvalue weighted by Gasteiger charge is -2.36. The van der Waals surface area contributed by atoms with Gasteiger partial charge in [0.15, 0.2) is 0 Å². The van der Waals surface area contributed by atoms with Gasteiger partial charge in [-0.1, -0.05) is 0 Å². The molecule has 6 nitrogen and oxygen atoms in total. The van der Waals surface area contributed by atoms with Crippen LogP contribution in [-0.4, -0.2) is 80.8 Å². The van der Waals surface area contributed by atoms with Crippen molar-refractivity contribution in [3.05, 3.63) is 6.67 Å². The van der Waals surface area contributed by atoms with Gasteiger partial charge in [0.2, 0.25) is 0 Å². The molecule has 1 aliphatic carbocycles. The number of rotatable bonds is 7. The summed E-state index contributed by atoms with van der Waals surface area (Å²) in [7, 11) is -3.31. The first-order valence-corrected chi connectivity index (χ1v) is 10.2. The summed E-state index contributed by atoms with van der Waals surface area (Å²) in [6.07, 6.45) is 7.10. The lowest BCUT2D eigenvalue weighted by molar-refractivity contribution is 0.130. The molecular weight excluding hydrogens is 302 g/mol. The minimum absolute atomic E-state index is 0.261. The van der Waals surface area contributed by atoms with Crippen molar-refractivity contribution in [3.8, 4) is 0 Å². The van der Waals surface area contributed by atoms with E-state index in [2.05, 4.69) is 21.4 Å². The highest BCUT2D eigenvalue weighted by Gasteiger charge is 2.35. The Labute approximate surface area is 134 Å².